The molecule has 14 nitrogen and oxygen atoms in total. The summed E-state index contributed by atoms with van der Waals surface area (Å²) in [4.78, 5) is 52.7. The van der Waals surface area contributed by atoms with E-state index in [-0.39, 0.29) is 25.3 Å². The number of nitrogens with zero attached hydrogens (tertiary/aromatic N) is 1. The quantitative estimate of drug-likeness (QED) is 0.0569. The zero-order chi connectivity index (χ0) is 25.6. The lowest BCUT2D eigenvalue weighted by atomic mass is 10.1. The summed E-state index contributed by atoms with van der Waals surface area (Å²) in [5, 5.41) is 35.0. The second kappa shape index (κ2) is 16.1. The van der Waals surface area contributed by atoms with Crippen LogP contribution < -0.4 is 33.2 Å². The van der Waals surface area contributed by atoms with Crippen molar-refractivity contribution in [3.8, 4) is 0 Å². The molecule has 5 unspecified atom stereocenters. The molecule has 0 aliphatic carbocycles. The summed E-state index contributed by atoms with van der Waals surface area (Å²) in [5.41, 5.74) is 16.0. The number of nitrogens with one attached hydrogen (secondary N) is 3. The Morgan fingerprint density at radius 1 is 1.00 bits per heavy atom. The van der Waals surface area contributed by atoms with Crippen LogP contribution in [0, 0.1) is 0 Å². The molecule has 12 N–H and O–H groups in total. The molecule has 3 amide bonds. The molecule has 0 aromatic carbocycles. The van der Waals surface area contributed by atoms with Crippen molar-refractivity contribution in [3.05, 3.63) is 0 Å². The van der Waals surface area contributed by atoms with E-state index in [1.54, 1.807) is 6.26 Å². The van der Waals surface area contributed by atoms with Gasteiger partial charge in [-0.2, -0.15) is 11.8 Å². The summed E-state index contributed by atoms with van der Waals surface area (Å²) in [6, 6.07) is -5.07. The van der Waals surface area contributed by atoms with E-state index >= 15 is 0 Å². The van der Waals surface area contributed by atoms with E-state index in [9.17, 15) is 29.4 Å². The standard InChI is InChI=1S/C18H35N7O7S/c1-9(27)13(17(31)32)25-16(30)12(5-7-33-2)24-15(29)11(4-3-6-22-18(20)21)23-14(28)10(19)8-26/h9-13,26-27H,3-8,19H2,1-2H3,(H,23,28)(H,24,29)(H,25,30)(H,31,32)(H4,20,21,22). The number of nitrogens with two attached hydrogens (primary N) is 3. The molecule has 190 valence electrons. The lowest BCUT2D eigenvalue weighted by Crippen LogP contribution is -2.58. The number of aliphatic hydroxyl groups excluding tert-OH is 2. The lowest BCUT2D eigenvalue weighted by molar-refractivity contribution is -0.145. The van der Waals surface area contributed by atoms with Gasteiger partial charge < -0.3 is 48.5 Å². The molecule has 0 spiro atoms. The minimum Gasteiger partial charge on any atom is -0.480 e. The number of carbonyl (C=O) groups is 4. The van der Waals surface area contributed by atoms with Crippen LogP contribution in [0.2, 0.25) is 0 Å². The SMILES string of the molecule is CSCCC(NC(=O)C(CCCN=C(N)N)NC(=O)C(N)CO)C(=O)NC(C(=O)O)C(C)O. The molecule has 0 aromatic rings. The topological polar surface area (TPSA) is 255 Å². The Balaban J connectivity index is 5.47. The van der Waals surface area contributed by atoms with Crippen molar-refractivity contribution in [2.45, 2.75) is 56.5 Å². The van der Waals surface area contributed by atoms with E-state index < -0.39 is 60.6 Å². The Bertz CT molecular complexity index is 689. The van der Waals surface area contributed by atoms with Crippen LogP contribution >= 0.6 is 11.8 Å². The number of carbonyl (C=O) groups excluding carboxylic acids is 3. The number of rotatable bonds is 16. The van der Waals surface area contributed by atoms with Crippen LogP contribution in [-0.4, -0.2) is 100 Å². The molecule has 0 saturated heterocycles. The molecule has 15 heteroatoms. The third-order valence-corrected chi connectivity index (χ3v) is 5.05. The molecule has 0 radical (unpaired) electrons. The van der Waals surface area contributed by atoms with Gasteiger partial charge in [0.2, 0.25) is 17.7 Å². The fourth-order valence-corrected chi connectivity index (χ4v) is 3.02. The van der Waals surface area contributed by atoms with Crippen molar-refractivity contribution < 1.29 is 34.5 Å². The normalized spacial score (nSPS) is 15.3. The summed E-state index contributed by atoms with van der Waals surface area (Å²) >= 11 is 1.40. The number of aliphatic carboxylic acids is 1. The first-order valence-corrected chi connectivity index (χ1v) is 11.6. The van der Waals surface area contributed by atoms with E-state index in [4.69, 9.17) is 22.3 Å². The van der Waals surface area contributed by atoms with E-state index in [2.05, 4.69) is 20.9 Å². The van der Waals surface area contributed by atoms with Crippen LogP contribution in [0.25, 0.3) is 0 Å². The van der Waals surface area contributed by atoms with Gasteiger partial charge >= 0.3 is 5.97 Å². The maximum atomic E-state index is 12.9. The molecule has 0 aliphatic rings. The largest absolute Gasteiger partial charge is 0.480 e. The summed E-state index contributed by atoms with van der Waals surface area (Å²) in [6.45, 7) is 0.753. The van der Waals surface area contributed by atoms with Gasteiger partial charge in [0.05, 0.1) is 12.7 Å². The Morgan fingerprint density at radius 3 is 2.03 bits per heavy atom. The second-order valence-corrected chi connectivity index (χ2v) is 8.19. The van der Waals surface area contributed by atoms with Gasteiger partial charge in [0, 0.05) is 6.54 Å². The minimum atomic E-state index is -1.57. The molecule has 0 fully saturated rings. The average Bonchev–Trinajstić information content (AvgIpc) is 2.74. The number of aliphatic imine (C=N–C) groups is 1. The van der Waals surface area contributed by atoms with Crippen LogP contribution in [-0.2, 0) is 19.2 Å². The molecule has 0 rings (SSSR count). The fourth-order valence-electron chi connectivity index (χ4n) is 2.55. The molecule has 0 heterocycles. The van der Waals surface area contributed by atoms with Gasteiger partial charge in [0.1, 0.15) is 18.1 Å². The summed E-state index contributed by atoms with van der Waals surface area (Å²) in [7, 11) is 0. The first-order chi connectivity index (χ1) is 15.4. The van der Waals surface area contributed by atoms with Crippen molar-refractivity contribution in [1.82, 2.24) is 16.0 Å². The minimum absolute atomic E-state index is 0.0921. The number of hydrogen-bond donors (Lipinski definition) is 9. The Kier molecular flexibility index (Phi) is 14.8. The van der Waals surface area contributed by atoms with Gasteiger partial charge in [0.15, 0.2) is 12.0 Å². The Labute approximate surface area is 196 Å². The maximum absolute atomic E-state index is 12.9. The van der Waals surface area contributed by atoms with Crippen LogP contribution in [0.3, 0.4) is 0 Å². The van der Waals surface area contributed by atoms with Crippen molar-refractivity contribution in [2.75, 3.05) is 25.2 Å². The summed E-state index contributed by atoms with van der Waals surface area (Å²) < 4.78 is 0. The predicted octanol–water partition coefficient (Wildman–Crippen LogP) is -3.97. The molecule has 0 aromatic heterocycles. The van der Waals surface area contributed by atoms with Crippen molar-refractivity contribution in [2.24, 2.45) is 22.2 Å². The molecule has 33 heavy (non-hydrogen) atoms. The molecule has 0 saturated carbocycles. The van der Waals surface area contributed by atoms with Crippen LogP contribution in [0.5, 0.6) is 0 Å². The highest BCUT2D eigenvalue weighted by Crippen LogP contribution is 2.06. The van der Waals surface area contributed by atoms with Gasteiger partial charge in [-0.3, -0.25) is 19.4 Å². The number of aliphatic hydroxyl groups is 2. The number of guanidine groups is 1. The van der Waals surface area contributed by atoms with E-state index in [0.717, 1.165) is 0 Å². The van der Waals surface area contributed by atoms with Crippen molar-refractivity contribution in [3.63, 3.8) is 0 Å². The first kappa shape index (κ1) is 30.4. The number of amides is 3. The van der Waals surface area contributed by atoms with Crippen LogP contribution in [0.1, 0.15) is 26.2 Å². The number of carboxylic acids is 1. The lowest BCUT2D eigenvalue weighted by Gasteiger charge is -2.25. The van der Waals surface area contributed by atoms with E-state index in [1.165, 1.54) is 18.7 Å². The monoisotopic (exact) mass is 493 g/mol. The first-order valence-electron chi connectivity index (χ1n) is 10.2. The van der Waals surface area contributed by atoms with E-state index in [0.29, 0.717) is 12.2 Å². The highest BCUT2D eigenvalue weighted by atomic mass is 32.2. The van der Waals surface area contributed by atoms with Gasteiger partial charge in [-0.25, -0.2) is 4.79 Å². The molecule has 0 bridgehead atoms. The molecule has 5 atom stereocenters. The zero-order valence-electron chi connectivity index (χ0n) is 18.7. The number of carboxylic acid groups (broad SMARTS) is 1. The average molecular weight is 494 g/mol. The number of thioether (sulfide) groups is 1. The second-order valence-electron chi connectivity index (χ2n) is 7.21. The summed E-state index contributed by atoms with van der Waals surface area (Å²) in [5.74, 6) is -3.41. The molecular weight excluding hydrogens is 458 g/mol. The zero-order valence-corrected chi connectivity index (χ0v) is 19.5. The maximum Gasteiger partial charge on any atom is 0.328 e. The molecular formula is C18H35N7O7S. The Hall–Kier alpha value is -2.62. The van der Waals surface area contributed by atoms with Crippen molar-refractivity contribution >= 4 is 41.4 Å². The van der Waals surface area contributed by atoms with Crippen LogP contribution in [0.15, 0.2) is 4.99 Å². The van der Waals surface area contributed by atoms with E-state index in [1.807, 2.05) is 0 Å². The van der Waals surface area contributed by atoms with Gasteiger partial charge in [0.25, 0.3) is 0 Å². The van der Waals surface area contributed by atoms with Crippen molar-refractivity contribution in [1.29, 1.82) is 0 Å². The highest BCUT2D eigenvalue weighted by Gasteiger charge is 2.31. The highest BCUT2D eigenvalue weighted by molar-refractivity contribution is 7.98. The number of hydrogen-bond acceptors (Lipinski definition) is 9. The van der Waals surface area contributed by atoms with Gasteiger partial charge in [-0.1, -0.05) is 0 Å². The van der Waals surface area contributed by atoms with Crippen LogP contribution in [0.4, 0.5) is 0 Å². The third-order valence-electron chi connectivity index (χ3n) is 4.40. The third kappa shape index (κ3) is 12.3. The predicted molar refractivity (Wildman–Crippen MR) is 123 cm³/mol. The fraction of sp³-hybridized carbons (Fsp3) is 0.722. The van der Waals surface area contributed by atoms with Gasteiger partial charge in [-0.15, -0.1) is 0 Å². The summed E-state index contributed by atoms with van der Waals surface area (Å²) in [6.07, 6.45) is 0.973. The van der Waals surface area contributed by atoms with Gasteiger partial charge in [-0.05, 0) is 38.2 Å². The smallest absolute Gasteiger partial charge is 0.328 e. The molecule has 0 aliphatic heterocycles. The Morgan fingerprint density at radius 2 is 1.55 bits per heavy atom.